The number of hydrogen-bond donors (Lipinski definition) is 1. The van der Waals surface area contributed by atoms with Gasteiger partial charge in [0.05, 0.1) is 32.0 Å². The molecule has 6 heteroatoms. The highest BCUT2D eigenvalue weighted by molar-refractivity contribution is 5.72. The van der Waals surface area contributed by atoms with Gasteiger partial charge in [-0.3, -0.25) is 4.79 Å². The van der Waals surface area contributed by atoms with E-state index in [1.807, 2.05) is 38.1 Å². The molecule has 1 aromatic heterocycles. The molecule has 2 rings (SSSR count). The van der Waals surface area contributed by atoms with Gasteiger partial charge < -0.3 is 14.6 Å². The molecule has 1 heterocycles. The highest BCUT2D eigenvalue weighted by Crippen LogP contribution is 2.31. The van der Waals surface area contributed by atoms with Crippen molar-refractivity contribution in [1.82, 2.24) is 9.78 Å². The predicted octanol–water partition coefficient (Wildman–Crippen LogP) is 2.64. The van der Waals surface area contributed by atoms with E-state index in [1.165, 1.54) is 7.11 Å². The third-order valence-corrected chi connectivity index (χ3v) is 3.35. The summed E-state index contributed by atoms with van der Waals surface area (Å²) in [4.78, 5) is 11.1. The molecule has 0 unspecified atom stereocenters. The highest BCUT2D eigenvalue weighted by atomic mass is 16.5. The van der Waals surface area contributed by atoms with Crippen molar-refractivity contribution in [2.24, 2.45) is 0 Å². The number of aliphatic carboxylic acids is 1. The van der Waals surface area contributed by atoms with Gasteiger partial charge in [0.15, 0.2) is 0 Å². The maximum Gasteiger partial charge on any atom is 0.308 e. The Morgan fingerprint density at radius 3 is 2.32 bits per heavy atom. The standard InChI is InChI=1S/C16H20N2O4/c1-10(2)15-13(9-14(19)20)16(22-4)18(17-15)11-5-7-12(21-3)8-6-11/h5-8,10H,9H2,1-4H3,(H,19,20). The van der Waals surface area contributed by atoms with Crippen molar-refractivity contribution in [2.45, 2.75) is 26.2 Å². The van der Waals surface area contributed by atoms with Gasteiger partial charge in [-0.15, -0.1) is 0 Å². The third-order valence-electron chi connectivity index (χ3n) is 3.35. The number of nitrogens with zero attached hydrogens (tertiary/aromatic N) is 2. The fourth-order valence-corrected chi connectivity index (χ4v) is 2.34. The SMILES string of the molecule is COc1ccc(-n2nc(C(C)C)c(CC(=O)O)c2OC)cc1. The van der Waals surface area contributed by atoms with E-state index < -0.39 is 5.97 Å². The Labute approximate surface area is 129 Å². The minimum absolute atomic E-state index is 0.0998. The van der Waals surface area contributed by atoms with E-state index in [2.05, 4.69) is 5.10 Å². The summed E-state index contributed by atoms with van der Waals surface area (Å²) < 4.78 is 12.2. The van der Waals surface area contributed by atoms with E-state index in [9.17, 15) is 4.79 Å². The molecule has 0 bridgehead atoms. The Bertz CT molecular complexity index is 660. The number of aromatic nitrogens is 2. The average Bonchev–Trinajstić information content (AvgIpc) is 2.85. The summed E-state index contributed by atoms with van der Waals surface area (Å²) in [6.45, 7) is 3.96. The second-order valence-electron chi connectivity index (χ2n) is 5.21. The fraction of sp³-hybridized carbons (Fsp3) is 0.375. The highest BCUT2D eigenvalue weighted by Gasteiger charge is 2.23. The van der Waals surface area contributed by atoms with Crippen molar-refractivity contribution in [2.75, 3.05) is 14.2 Å². The van der Waals surface area contributed by atoms with Gasteiger partial charge in [-0.25, -0.2) is 4.68 Å². The third kappa shape index (κ3) is 3.05. The molecular formula is C16H20N2O4. The first-order valence-corrected chi connectivity index (χ1v) is 7.00. The number of hydrogen-bond acceptors (Lipinski definition) is 4. The van der Waals surface area contributed by atoms with Crippen LogP contribution in [0.15, 0.2) is 24.3 Å². The van der Waals surface area contributed by atoms with Crippen molar-refractivity contribution in [3.63, 3.8) is 0 Å². The maximum atomic E-state index is 11.1. The van der Waals surface area contributed by atoms with Crippen LogP contribution in [0.2, 0.25) is 0 Å². The predicted molar refractivity (Wildman–Crippen MR) is 82.1 cm³/mol. The molecule has 1 aromatic carbocycles. The molecule has 0 atom stereocenters. The Hall–Kier alpha value is -2.50. The number of ether oxygens (including phenoxy) is 2. The van der Waals surface area contributed by atoms with Crippen LogP contribution in [0.25, 0.3) is 5.69 Å². The molecule has 2 aromatic rings. The summed E-state index contributed by atoms with van der Waals surface area (Å²) in [5.74, 6) is 0.387. The summed E-state index contributed by atoms with van der Waals surface area (Å²) in [5.41, 5.74) is 2.13. The molecule has 0 fully saturated rings. The number of benzene rings is 1. The Morgan fingerprint density at radius 1 is 1.23 bits per heavy atom. The largest absolute Gasteiger partial charge is 0.497 e. The second kappa shape index (κ2) is 6.51. The summed E-state index contributed by atoms with van der Waals surface area (Å²) in [6, 6.07) is 7.34. The molecule has 0 amide bonds. The van der Waals surface area contributed by atoms with Gasteiger partial charge in [0.1, 0.15) is 5.75 Å². The van der Waals surface area contributed by atoms with E-state index >= 15 is 0 Å². The van der Waals surface area contributed by atoms with Gasteiger partial charge in [-0.05, 0) is 30.2 Å². The van der Waals surface area contributed by atoms with Gasteiger partial charge >= 0.3 is 5.97 Å². The van der Waals surface area contributed by atoms with E-state index in [0.717, 1.165) is 17.1 Å². The molecule has 0 aliphatic heterocycles. The van der Waals surface area contributed by atoms with E-state index in [-0.39, 0.29) is 12.3 Å². The fourth-order valence-electron chi connectivity index (χ4n) is 2.34. The van der Waals surface area contributed by atoms with Gasteiger partial charge in [-0.2, -0.15) is 5.10 Å². The Morgan fingerprint density at radius 2 is 1.86 bits per heavy atom. The van der Waals surface area contributed by atoms with Crippen molar-refractivity contribution >= 4 is 5.97 Å². The summed E-state index contributed by atoms with van der Waals surface area (Å²) in [5, 5.41) is 13.7. The second-order valence-corrected chi connectivity index (χ2v) is 5.21. The van der Waals surface area contributed by atoms with E-state index in [4.69, 9.17) is 14.6 Å². The lowest BCUT2D eigenvalue weighted by Crippen LogP contribution is -2.05. The van der Waals surface area contributed by atoms with Gasteiger partial charge in [0.2, 0.25) is 5.88 Å². The maximum absolute atomic E-state index is 11.1. The molecular weight excluding hydrogens is 284 g/mol. The van der Waals surface area contributed by atoms with Crippen molar-refractivity contribution in [3.8, 4) is 17.3 Å². The number of carboxylic acids is 1. The van der Waals surface area contributed by atoms with Crippen molar-refractivity contribution in [3.05, 3.63) is 35.5 Å². The lowest BCUT2D eigenvalue weighted by Gasteiger charge is -2.08. The summed E-state index contributed by atoms with van der Waals surface area (Å²) in [7, 11) is 3.12. The molecule has 0 saturated carbocycles. The molecule has 6 nitrogen and oxygen atoms in total. The van der Waals surface area contributed by atoms with Crippen LogP contribution in [-0.2, 0) is 11.2 Å². The lowest BCUT2D eigenvalue weighted by atomic mass is 10.0. The first-order valence-electron chi connectivity index (χ1n) is 7.00. The molecule has 0 aliphatic rings. The van der Waals surface area contributed by atoms with Crippen LogP contribution in [0.1, 0.15) is 31.0 Å². The number of methoxy groups -OCH3 is 2. The van der Waals surface area contributed by atoms with Crippen LogP contribution in [0.5, 0.6) is 11.6 Å². The molecule has 0 aliphatic carbocycles. The van der Waals surface area contributed by atoms with Crippen LogP contribution < -0.4 is 9.47 Å². The van der Waals surface area contributed by atoms with Crippen LogP contribution in [0, 0.1) is 0 Å². The van der Waals surface area contributed by atoms with E-state index in [0.29, 0.717) is 11.4 Å². The van der Waals surface area contributed by atoms with Crippen molar-refractivity contribution < 1.29 is 19.4 Å². The zero-order chi connectivity index (χ0) is 16.3. The summed E-state index contributed by atoms with van der Waals surface area (Å²) in [6.07, 6.45) is -0.118. The monoisotopic (exact) mass is 304 g/mol. The van der Waals surface area contributed by atoms with Gasteiger partial charge in [-0.1, -0.05) is 13.8 Å². The van der Waals surface area contributed by atoms with Crippen LogP contribution in [0.4, 0.5) is 0 Å². The molecule has 1 N–H and O–H groups in total. The van der Waals surface area contributed by atoms with Crippen molar-refractivity contribution in [1.29, 1.82) is 0 Å². The van der Waals surface area contributed by atoms with Crippen LogP contribution in [-0.4, -0.2) is 35.1 Å². The number of carbonyl (C=O) groups is 1. The average molecular weight is 304 g/mol. The Kier molecular flexibility index (Phi) is 4.70. The van der Waals surface area contributed by atoms with Crippen LogP contribution in [0.3, 0.4) is 0 Å². The zero-order valence-corrected chi connectivity index (χ0v) is 13.2. The van der Waals surface area contributed by atoms with Gasteiger partial charge in [0.25, 0.3) is 0 Å². The van der Waals surface area contributed by atoms with Gasteiger partial charge in [0, 0.05) is 5.56 Å². The molecule has 0 radical (unpaired) electrons. The first kappa shape index (κ1) is 15.9. The minimum Gasteiger partial charge on any atom is -0.497 e. The zero-order valence-electron chi connectivity index (χ0n) is 13.2. The van der Waals surface area contributed by atoms with E-state index in [1.54, 1.807) is 11.8 Å². The summed E-state index contributed by atoms with van der Waals surface area (Å²) >= 11 is 0. The molecule has 22 heavy (non-hydrogen) atoms. The topological polar surface area (TPSA) is 73.6 Å². The lowest BCUT2D eigenvalue weighted by molar-refractivity contribution is -0.136. The Balaban J connectivity index is 2.56. The minimum atomic E-state index is -0.908. The number of carboxylic acid groups (broad SMARTS) is 1. The van der Waals surface area contributed by atoms with Crippen LogP contribution >= 0.6 is 0 Å². The number of rotatable bonds is 6. The first-order chi connectivity index (χ1) is 10.5. The molecule has 118 valence electrons. The molecule has 0 spiro atoms. The molecule has 0 saturated heterocycles. The smallest absolute Gasteiger partial charge is 0.308 e. The normalized spacial score (nSPS) is 10.8. The quantitative estimate of drug-likeness (QED) is 0.888.